The fourth-order valence-electron chi connectivity index (χ4n) is 2.95. The Morgan fingerprint density at radius 1 is 1.50 bits per heavy atom. The molecule has 20 heavy (non-hydrogen) atoms. The molecular formula is C14H17N3O2S. The van der Waals surface area contributed by atoms with E-state index in [4.69, 9.17) is 0 Å². The predicted molar refractivity (Wildman–Crippen MR) is 79.1 cm³/mol. The van der Waals surface area contributed by atoms with Gasteiger partial charge >= 0.3 is 5.97 Å². The van der Waals surface area contributed by atoms with Crippen LogP contribution in [0.25, 0.3) is 10.2 Å². The Labute approximate surface area is 121 Å². The van der Waals surface area contributed by atoms with Crippen molar-refractivity contribution in [1.82, 2.24) is 9.97 Å². The Morgan fingerprint density at radius 2 is 2.35 bits per heavy atom. The van der Waals surface area contributed by atoms with Gasteiger partial charge in [0.1, 0.15) is 17.0 Å². The summed E-state index contributed by atoms with van der Waals surface area (Å²) in [5.74, 6) is 0.116. The van der Waals surface area contributed by atoms with Crippen molar-refractivity contribution in [2.45, 2.75) is 26.2 Å². The minimum Gasteiger partial charge on any atom is -0.481 e. The smallest absolute Gasteiger partial charge is 0.306 e. The molecule has 1 saturated carbocycles. The van der Waals surface area contributed by atoms with E-state index in [9.17, 15) is 9.90 Å². The van der Waals surface area contributed by atoms with Gasteiger partial charge in [-0.2, -0.15) is 0 Å². The second-order valence-electron chi connectivity index (χ2n) is 5.31. The summed E-state index contributed by atoms with van der Waals surface area (Å²) in [7, 11) is 0. The van der Waals surface area contributed by atoms with Gasteiger partial charge in [0.15, 0.2) is 0 Å². The number of hydrogen-bond acceptors (Lipinski definition) is 5. The molecule has 106 valence electrons. The average Bonchev–Trinajstić information content (AvgIpc) is 3.01. The van der Waals surface area contributed by atoms with E-state index < -0.39 is 5.97 Å². The second-order valence-corrected chi connectivity index (χ2v) is 6.55. The van der Waals surface area contributed by atoms with Crippen LogP contribution < -0.4 is 5.32 Å². The number of aliphatic carboxylic acids is 1. The molecule has 6 heteroatoms. The Morgan fingerprint density at radius 3 is 3.15 bits per heavy atom. The number of nitrogens with one attached hydrogen (secondary N) is 1. The van der Waals surface area contributed by atoms with Crippen molar-refractivity contribution in [1.29, 1.82) is 0 Å². The zero-order valence-electron chi connectivity index (χ0n) is 11.3. The van der Waals surface area contributed by atoms with E-state index in [-0.39, 0.29) is 11.8 Å². The first-order valence-corrected chi connectivity index (χ1v) is 7.64. The number of carboxylic acids is 1. The number of nitrogens with zero attached hydrogens (tertiary/aromatic N) is 2. The van der Waals surface area contributed by atoms with Crippen molar-refractivity contribution >= 4 is 33.3 Å². The van der Waals surface area contributed by atoms with Gasteiger partial charge in [0.25, 0.3) is 0 Å². The lowest BCUT2D eigenvalue weighted by Gasteiger charge is -2.16. The lowest BCUT2D eigenvalue weighted by molar-refractivity contribution is -0.142. The molecule has 2 aromatic heterocycles. The SMILES string of the molecule is Cc1cc2c(NCC3CCCC3C(=O)O)ncnc2s1. The summed E-state index contributed by atoms with van der Waals surface area (Å²) in [6.07, 6.45) is 4.32. The number of aromatic nitrogens is 2. The van der Waals surface area contributed by atoms with Crippen LogP contribution in [0, 0.1) is 18.8 Å². The average molecular weight is 291 g/mol. The van der Waals surface area contributed by atoms with Gasteiger partial charge in [0.2, 0.25) is 0 Å². The number of aryl methyl sites for hydroxylation is 1. The van der Waals surface area contributed by atoms with Crippen LogP contribution in [0.2, 0.25) is 0 Å². The first kappa shape index (κ1) is 13.3. The zero-order chi connectivity index (χ0) is 14.1. The summed E-state index contributed by atoms with van der Waals surface area (Å²) in [5.41, 5.74) is 0. The number of rotatable bonds is 4. The third-order valence-corrected chi connectivity index (χ3v) is 4.92. The molecule has 1 aliphatic carbocycles. The highest BCUT2D eigenvalue weighted by molar-refractivity contribution is 7.18. The number of hydrogen-bond donors (Lipinski definition) is 2. The lowest BCUT2D eigenvalue weighted by Crippen LogP contribution is -2.24. The van der Waals surface area contributed by atoms with Crippen LogP contribution >= 0.6 is 11.3 Å². The summed E-state index contributed by atoms with van der Waals surface area (Å²) in [6, 6.07) is 2.08. The van der Waals surface area contributed by atoms with Gasteiger partial charge in [-0.1, -0.05) is 6.42 Å². The standard InChI is InChI=1S/C14H17N3O2S/c1-8-5-11-12(16-7-17-13(11)20-8)15-6-9-3-2-4-10(9)14(18)19/h5,7,9-10H,2-4,6H2,1H3,(H,18,19)(H,15,16,17). The molecule has 2 atom stereocenters. The molecule has 2 heterocycles. The molecule has 0 bridgehead atoms. The van der Waals surface area contributed by atoms with Crippen LogP contribution in [-0.4, -0.2) is 27.6 Å². The third-order valence-electron chi connectivity index (χ3n) is 3.96. The molecule has 0 amide bonds. The maximum atomic E-state index is 11.2. The summed E-state index contributed by atoms with van der Waals surface area (Å²) in [6.45, 7) is 2.71. The largest absolute Gasteiger partial charge is 0.481 e. The highest BCUT2D eigenvalue weighted by atomic mass is 32.1. The van der Waals surface area contributed by atoms with Crippen molar-refractivity contribution in [3.8, 4) is 0 Å². The zero-order valence-corrected chi connectivity index (χ0v) is 12.1. The van der Waals surface area contributed by atoms with Gasteiger partial charge in [-0.3, -0.25) is 4.79 Å². The quantitative estimate of drug-likeness (QED) is 0.906. The van der Waals surface area contributed by atoms with Gasteiger partial charge in [0, 0.05) is 11.4 Å². The van der Waals surface area contributed by atoms with Crippen LogP contribution in [0.1, 0.15) is 24.1 Å². The van der Waals surface area contributed by atoms with E-state index in [0.717, 1.165) is 35.3 Å². The number of carbonyl (C=O) groups is 1. The molecule has 1 fully saturated rings. The minimum atomic E-state index is -0.673. The van der Waals surface area contributed by atoms with Crippen molar-refractivity contribution in [2.75, 3.05) is 11.9 Å². The molecule has 0 spiro atoms. The minimum absolute atomic E-state index is 0.192. The van der Waals surface area contributed by atoms with Crippen LogP contribution in [-0.2, 0) is 4.79 Å². The van der Waals surface area contributed by atoms with Crippen molar-refractivity contribution in [3.05, 3.63) is 17.3 Å². The van der Waals surface area contributed by atoms with Crippen LogP contribution in [0.3, 0.4) is 0 Å². The maximum absolute atomic E-state index is 11.2. The summed E-state index contributed by atoms with van der Waals surface area (Å²) in [5, 5.41) is 13.6. The first-order valence-electron chi connectivity index (χ1n) is 6.83. The number of thiophene rings is 1. The van der Waals surface area contributed by atoms with Crippen molar-refractivity contribution < 1.29 is 9.90 Å². The van der Waals surface area contributed by atoms with E-state index in [1.165, 1.54) is 4.88 Å². The molecule has 5 nitrogen and oxygen atoms in total. The summed E-state index contributed by atoms with van der Waals surface area (Å²) < 4.78 is 0. The fourth-order valence-corrected chi connectivity index (χ4v) is 3.80. The topological polar surface area (TPSA) is 75.1 Å². The Bertz CT molecular complexity index is 640. The third kappa shape index (κ3) is 2.47. The van der Waals surface area contributed by atoms with Crippen LogP contribution in [0.4, 0.5) is 5.82 Å². The number of anilines is 1. The molecule has 2 N–H and O–H groups in total. The molecule has 0 saturated heterocycles. The molecule has 2 unspecified atom stereocenters. The highest BCUT2D eigenvalue weighted by Crippen LogP contribution is 2.33. The van der Waals surface area contributed by atoms with Crippen LogP contribution in [0.15, 0.2) is 12.4 Å². The molecule has 0 aromatic carbocycles. The molecular weight excluding hydrogens is 274 g/mol. The molecule has 3 rings (SSSR count). The normalized spacial score (nSPS) is 22.2. The van der Waals surface area contributed by atoms with E-state index in [1.54, 1.807) is 17.7 Å². The van der Waals surface area contributed by atoms with Crippen molar-refractivity contribution in [3.63, 3.8) is 0 Å². The Hall–Kier alpha value is -1.69. The van der Waals surface area contributed by atoms with E-state index in [0.29, 0.717) is 6.54 Å². The molecule has 0 aliphatic heterocycles. The molecule has 2 aromatic rings. The highest BCUT2D eigenvalue weighted by Gasteiger charge is 2.32. The lowest BCUT2D eigenvalue weighted by atomic mass is 9.96. The monoisotopic (exact) mass is 291 g/mol. The van der Waals surface area contributed by atoms with Gasteiger partial charge in [-0.25, -0.2) is 9.97 Å². The maximum Gasteiger partial charge on any atom is 0.306 e. The Balaban J connectivity index is 1.75. The second kappa shape index (κ2) is 5.36. The summed E-state index contributed by atoms with van der Waals surface area (Å²) in [4.78, 5) is 21.9. The number of carboxylic acid groups (broad SMARTS) is 1. The van der Waals surface area contributed by atoms with Gasteiger partial charge in [-0.05, 0) is 31.7 Å². The predicted octanol–water partition coefficient (Wildman–Crippen LogP) is 2.91. The van der Waals surface area contributed by atoms with E-state index >= 15 is 0 Å². The number of fused-ring (bicyclic) bond motifs is 1. The molecule has 0 radical (unpaired) electrons. The molecule has 1 aliphatic rings. The van der Waals surface area contributed by atoms with Crippen LogP contribution in [0.5, 0.6) is 0 Å². The Kier molecular flexibility index (Phi) is 3.56. The van der Waals surface area contributed by atoms with Gasteiger partial charge < -0.3 is 10.4 Å². The summed E-state index contributed by atoms with van der Waals surface area (Å²) >= 11 is 1.64. The van der Waals surface area contributed by atoms with E-state index in [2.05, 4.69) is 21.4 Å². The van der Waals surface area contributed by atoms with Gasteiger partial charge in [-0.15, -0.1) is 11.3 Å². The van der Waals surface area contributed by atoms with Crippen molar-refractivity contribution in [2.24, 2.45) is 11.8 Å². The first-order chi connectivity index (χ1) is 9.65. The van der Waals surface area contributed by atoms with E-state index in [1.807, 2.05) is 6.92 Å². The van der Waals surface area contributed by atoms with Gasteiger partial charge in [0.05, 0.1) is 11.3 Å². The fraction of sp³-hybridized carbons (Fsp3) is 0.500.